The summed E-state index contributed by atoms with van der Waals surface area (Å²) in [5.74, 6) is -2.64. The highest BCUT2D eigenvalue weighted by atomic mass is 19.1. The van der Waals surface area contributed by atoms with Crippen LogP contribution in [0, 0.1) is 23.0 Å². The number of amides is 1. The molecule has 0 heterocycles. The Hall–Kier alpha value is -1.96. The van der Waals surface area contributed by atoms with Gasteiger partial charge in [0, 0.05) is 6.04 Å². The average Bonchev–Trinajstić information content (AvgIpc) is 2.24. The highest BCUT2D eigenvalue weighted by Gasteiger charge is 2.24. The van der Waals surface area contributed by atoms with Crippen LogP contribution in [0.5, 0.6) is 0 Å². The van der Waals surface area contributed by atoms with E-state index in [9.17, 15) is 13.6 Å². The molecule has 1 aromatic carbocycles. The van der Waals surface area contributed by atoms with Crippen LogP contribution >= 0.6 is 0 Å². The lowest BCUT2D eigenvalue weighted by atomic mass is 10.1. The van der Waals surface area contributed by atoms with Crippen molar-refractivity contribution in [1.29, 1.82) is 5.26 Å². The molecule has 5 heteroatoms. The fourth-order valence-electron chi connectivity index (χ4n) is 1.41. The van der Waals surface area contributed by atoms with Crippen molar-refractivity contribution in [2.24, 2.45) is 0 Å². The number of carbonyl (C=O) groups is 1. The van der Waals surface area contributed by atoms with Gasteiger partial charge in [0.2, 0.25) is 0 Å². The Labute approximate surface area is 98.3 Å². The molecular weight excluding hydrogens is 226 g/mol. The molecule has 1 rings (SSSR count). The number of carbonyl (C=O) groups excluding carboxylic acids is 1. The summed E-state index contributed by atoms with van der Waals surface area (Å²) in [7, 11) is 0. The van der Waals surface area contributed by atoms with E-state index in [2.05, 4.69) is 0 Å². The van der Waals surface area contributed by atoms with E-state index in [1.54, 1.807) is 19.9 Å². The minimum Gasteiger partial charge on any atom is -0.323 e. The molecule has 0 saturated heterocycles. The first-order valence-corrected chi connectivity index (χ1v) is 5.11. The van der Waals surface area contributed by atoms with Crippen molar-refractivity contribution in [1.82, 2.24) is 4.90 Å². The molecule has 3 nitrogen and oxygen atoms in total. The third-order valence-electron chi connectivity index (χ3n) is 2.30. The maximum Gasteiger partial charge on any atom is 0.260 e. The van der Waals surface area contributed by atoms with E-state index >= 15 is 0 Å². The first kappa shape index (κ1) is 13.1. The van der Waals surface area contributed by atoms with E-state index in [1.807, 2.05) is 0 Å². The monoisotopic (exact) mass is 238 g/mol. The molecule has 1 aromatic rings. The predicted molar refractivity (Wildman–Crippen MR) is 58.1 cm³/mol. The van der Waals surface area contributed by atoms with Gasteiger partial charge in [0.15, 0.2) is 0 Å². The standard InChI is InChI=1S/C12H12F2N2O/c1-8(2)16(7-6-15)12(17)11-9(13)4-3-5-10(11)14/h3-5,8H,7H2,1-2H3. The summed E-state index contributed by atoms with van der Waals surface area (Å²) < 4.78 is 26.8. The van der Waals surface area contributed by atoms with E-state index in [-0.39, 0.29) is 12.6 Å². The SMILES string of the molecule is CC(C)N(CC#N)C(=O)c1c(F)cccc1F. The molecule has 0 unspecified atom stereocenters. The van der Waals surface area contributed by atoms with Crippen LogP contribution in [0.1, 0.15) is 24.2 Å². The van der Waals surface area contributed by atoms with Crippen molar-refractivity contribution < 1.29 is 13.6 Å². The van der Waals surface area contributed by atoms with E-state index in [0.717, 1.165) is 17.0 Å². The molecular formula is C12H12F2N2O. The number of nitriles is 1. The van der Waals surface area contributed by atoms with Gasteiger partial charge in [0.1, 0.15) is 23.7 Å². The van der Waals surface area contributed by atoms with E-state index in [4.69, 9.17) is 5.26 Å². The van der Waals surface area contributed by atoms with Crippen molar-refractivity contribution in [3.8, 4) is 6.07 Å². The van der Waals surface area contributed by atoms with E-state index in [1.165, 1.54) is 6.07 Å². The summed E-state index contributed by atoms with van der Waals surface area (Å²) in [6.07, 6.45) is 0. The number of rotatable bonds is 3. The highest BCUT2D eigenvalue weighted by molar-refractivity contribution is 5.95. The lowest BCUT2D eigenvalue weighted by molar-refractivity contribution is 0.0721. The molecule has 0 atom stereocenters. The van der Waals surface area contributed by atoms with Crippen LogP contribution in [-0.4, -0.2) is 23.4 Å². The summed E-state index contributed by atoms with van der Waals surface area (Å²) >= 11 is 0. The fraction of sp³-hybridized carbons (Fsp3) is 0.333. The second kappa shape index (κ2) is 5.39. The largest absolute Gasteiger partial charge is 0.323 e. The molecule has 0 aliphatic carbocycles. The molecule has 0 aliphatic heterocycles. The van der Waals surface area contributed by atoms with Crippen molar-refractivity contribution in [3.63, 3.8) is 0 Å². The lowest BCUT2D eigenvalue weighted by Crippen LogP contribution is -2.38. The van der Waals surface area contributed by atoms with Gasteiger partial charge >= 0.3 is 0 Å². The van der Waals surface area contributed by atoms with Crippen molar-refractivity contribution in [3.05, 3.63) is 35.4 Å². The summed E-state index contributed by atoms with van der Waals surface area (Å²) in [4.78, 5) is 13.0. The molecule has 0 fully saturated rings. The maximum atomic E-state index is 13.4. The van der Waals surface area contributed by atoms with Crippen LogP contribution in [0.3, 0.4) is 0 Å². The Morgan fingerprint density at radius 3 is 2.35 bits per heavy atom. The van der Waals surface area contributed by atoms with Gasteiger partial charge in [0.25, 0.3) is 5.91 Å². The Morgan fingerprint density at radius 2 is 1.94 bits per heavy atom. The zero-order chi connectivity index (χ0) is 13.0. The predicted octanol–water partition coefficient (Wildman–Crippen LogP) is 2.34. The molecule has 0 spiro atoms. The zero-order valence-corrected chi connectivity index (χ0v) is 9.58. The summed E-state index contributed by atoms with van der Waals surface area (Å²) in [5, 5.41) is 8.59. The van der Waals surface area contributed by atoms with Gasteiger partial charge in [-0.1, -0.05) is 6.07 Å². The number of halogens is 2. The van der Waals surface area contributed by atoms with Gasteiger partial charge in [-0.2, -0.15) is 5.26 Å². The van der Waals surface area contributed by atoms with Gasteiger partial charge < -0.3 is 4.90 Å². The average molecular weight is 238 g/mol. The van der Waals surface area contributed by atoms with E-state index in [0.29, 0.717) is 0 Å². The molecule has 1 amide bonds. The Kier molecular flexibility index (Phi) is 4.16. The normalized spacial score (nSPS) is 10.1. The van der Waals surface area contributed by atoms with Crippen LogP contribution in [0.25, 0.3) is 0 Å². The van der Waals surface area contributed by atoms with Gasteiger partial charge in [-0.15, -0.1) is 0 Å². The van der Waals surface area contributed by atoms with Crippen LogP contribution in [0.2, 0.25) is 0 Å². The minimum atomic E-state index is -0.918. The quantitative estimate of drug-likeness (QED) is 0.758. The Balaban J connectivity index is 3.15. The number of benzene rings is 1. The smallest absolute Gasteiger partial charge is 0.260 e. The number of nitrogens with zero attached hydrogens (tertiary/aromatic N) is 2. The second-order valence-electron chi connectivity index (χ2n) is 3.78. The summed E-state index contributed by atoms with van der Waals surface area (Å²) in [6.45, 7) is 3.15. The molecule has 0 saturated carbocycles. The first-order valence-electron chi connectivity index (χ1n) is 5.11. The Bertz CT molecular complexity index is 446. The van der Waals surface area contributed by atoms with Crippen LogP contribution in [-0.2, 0) is 0 Å². The second-order valence-corrected chi connectivity index (χ2v) is 3.78. The molecule has 0 radical (unpaired) electrons. The summed E-state index contributed by atoms with van der Waals surface area (Å²) in [5.41, 5.74) is -0.614. The molecule has 0 N–H and O–H groups in total. The van der Waals surface area contributed by atoms with Crippen molar-refractivity contribution >= 4 is 5.91 Å². The van der Waals surface area contributed by atoms with E-state index < -0.39 is 23.1 Å². The molecule has 0 bridgehead atoms. The first-order chi connectivity index (χ1) is 7.99. The molecule has 90 valence electrons. The number of hydrogen-bond donors (Lipinski definition) is 0. The van der Waals surface area contributed by atoms with Gasteiger partial charge in [-0.3, -0.25) is 4.79 Å². The van der Waals surface area contributed by atoms with Gasteiger partial charge in [-0.05, 0) is 26.0 Å². The van der Waals surface area contributed by atoms with Crippen LogP contribution < -0.4 is 0 Å². The van der Waals surface area contributed by atoms with Gasteiger partial charge in [-0.25, -0.2) is 8.78 Å². The highest BCUT2D eigenvalue weighted by Crippen LogP contribution is 2.16. The molecule has 0 aromatic heterocycles. The maximum absolute atomic E-state index is 13.4. The Morgan fingerprint density at radius 1 is 1.41 bits per heavy atom. The minimum absolute atomic E-state index is 0.204. The third kappa shape index (κ3) is 2.78. The topological polar surface area (TPSA) is 44.1 Å². The summed E-state index contributed by atoms with van der Waals surface area (Å²) in [6, 6.07) is 4.71. The lowest BCUT2D eigenvalue weighted by Gasteiger charge is -2.24. The number of hydrogen-bond acceptors (Lipinski definition) is 2. The zero-order valence-electron chi connectivity index (χ0n) is 9.58. The van der Waals surface area contributed by atoms with Crippen LogP contribution in [0.15, 0.2) is 18.2 Å². The molecule has 0 aliphatic rings. The van der Waals surface area contributed by atoms with Crippen molar-refractivity contribution in [2.75, 3.05) is 6.54 Å². The fourth-order valence-corrected chi connectivity index (χ4v) is 1.41. The van der Waals surface area contributed by atoms with Crippen molar-refractivity contribution in [2.45, 2.75) is 19.9 Å². The third-order valence-corrected chi connectivity index (χ3v) is 2.30. The van der Waals surface area contributed by atoms with Gasteiger partial charge in [0.05, 0.1) is 6.07 Å². The molecule has 17 heavy (non-hydrogen) atoms. The van der Waals surface area contributed by atoms with Crippen LogP contribution in [0.4, 0.5) is 8.78 Å².